The van der Waals surface area contributed by atoms with Crippen molar-refractivity contribution >= 4 is 23.2 Å². The number of benzene rings is 1. The second-order valence-electron chi connectivity index (χ2n) is 5.77. The lowest BCUT2D eigenvalue weighted by Gasteiger charge is -2.14. The summed E-state index contributed by atoms with van der Waals surface area (Å²) in [5, 5.41) is 6.44. The molecule has 1 aliphatic rings. The van der Waals surface area contributed by atoms with E-state index in [-0.39, 0.29) is 12.5 Å². The van der Waals surface area contributed by atoms with Gasteiger partial charge in [-0.2, -0.15) is 0 Å². The number of hydrogen-bond acceptors (Lipinski definition) is 4. The zero-order chi connectivity index (χ0) is 17.4. The van der Waals surface area contributed by atoms with Crippen LogP contribution in [0.15, 0.2) is 23.8 Å². The summed E-state index contributed by atoms with van der Waals surface area (Å²) in [5.74, 6) is 0.863. The fourth-order valence-electron chi connectivity index (χ4n) is 2.74. The number of methoxy groups -OCH3 is 2. The van der Waals surface area contributed by atoms with Gasteiger partial charge >= 0.3 is 0 Å². The van der Waals surface area contributed by atoms with Crippen molar-refractivity contribution < 1.29 is 14.3 Å². The molecule has 5 nitrogen and oxygen atoms in total. The van der Waals surface area contributed by atoms with E-state index in [1.54, 1.807) is 12.1 Å². The molecule has 0 spiro atoms. The first-order valence-corrected chi connectivity index (χ1v) is 8.62. The molecule has 2 rings (SSSR count). The number of carbonyl (C=O) groups is 1. The molecule has 1 aromatic carbocycles. The highest BCUT2D eigenvalue weighted by molar-refractivity contribution is 6.32. The maximum Gasteiger partial charge on any atom is 0.238 e. The van der Waals surface area contributed by atoms with Gasteiger partial charge in [0.15, 0.2) is 0 Å². The normalized spacial score (nSPS) is 14.0. The van der Waals surface area contributed by atoms with Gasteiger partial charge in [-0.3, -0.25) is 4.79 Å². The smallest absolute Gasteiger partial charge is 0.238 e. The largest absolute Gasteiger partial charge is 0.495 e. The number of nitrogens with one attached hydrogen (secondary N) is 2. The molecule has 0 heterocycles. The van der Waals surface area contributed by atoms with E-state index in [9.17, 15) is 4.79 Å². The molecule has 0 radical (unpaired) electrons. The van der Waals surface area contributed by atoms with Crippen molar-refractivity contribution in [2.45, 2.75) is 32.1 Å². The minimum Gasteiger partial charge on any atom is -0.495 e. The Hall–Kier alpha value is -1.72. The van der Waals surface area contributed by atoms with Gasteiger partial charge in [0, 0.05) is 12.1 Å². The van der Waals surface area contributed by atoms with Crippen molar-refractivity contribution in [3.63, 3.8) is 0 Å². The summed E-state index contributed by atoms with van der Waals surface area (Å²) >= 11 is 6.06. The van der Waals surface area contributed by atoms with E-state index in [0.29, 0.717) is 22.2 Å². The van der Waals surface area contributed by atoms with Crippen LogP contribution in [0, 0.1) is 0 Å². The SMILES string of the molecule is COc1cc(NC(=O)CNCCC2=CCCCC2)c(OC)cc1Cl. The molecule has 0 fully saturated rings. The molecule has 0 atom stereocenters. The molecule has 0 bridgehead atoms. The summed E-state index contributed by atoms with van der Waals surface area (Å²) in [4.78, 5) is 12.1. The number of anilines is 1. The van der Waals surface area contributed by atoms with Crippen molar-refractivity contribution in [1.29, 1.82) is 0 Å². The maximum atomic E-state index is 12.1. The van der Waals surface area contributed by atoms with E-state index in [4.69, 9.17) is 21.1 Å². The van der Waals surface area contributed by atoms with Crippen LogP contribution in [0.3, 0.4) is 0 Å². The van der Waals surface area contributed by atoms with E-state index in [0.717, 1.165) is 13.0 Å². The van der Waals surface area contributed by atoms with Crippen LogP contribution in [0.5, 0.6) is 11.5 Å². The lowest BCUT2D eigenvalue weighted by atomic mass is 9.97. The summed E-state index contributed by atoms with van der Waals surface area (Å²) < 4.78 is 10.4. The van der Waals surface area contributed by atoms with Gasteiger partial charge in [0.2, 0.25) is 5.91 Å². The number of allylic oxidation sites excluding steroid dienone is 1. The molecular formula is C18H25ClN2O3. The average molecular weight is 353 g/mol. The van der Waals surface area contributed by atoms with Gasteiger partial charge in [0.05, 0.1) is 31.5 Å². The van der Waals surface area contributed by atoms with Gasteiger partial charge in [-0.15, -0.1) is 0 Å². The van der Waals surface area contributed by atoms with Crippen LogP contribution in [0.2, 0.25) is 5.02 Å². The first-order valence-electron chi connectivity index (χ1n) is 8.24. The third kappa shape index (κ3) is 5.42. The van der Waals surface area contributed by atoms with Crippen molar-refractivity contribution in [3.8, 4) is 11.5 Å². The van der Waals surface area contributed by atoms with Crippen LogP contribution < -0.4 is 20.1 Å². The van der Waals surface area contributed by atoms with Crippen molar-refractivity contribution in [3.05, 3.63) is 28.8 Å². The van der Waals surface area contributed by atoms with E-state index >= 15 is 0 Å². The summed E-state index contributed by atoms with van der Waals surface area (Å²) in [7, 11) is 3.06. The zero-order valence-electron chi connectivity index (χ0n) is 14.3. The number of amides is 1. The van der Waals surface area contributed by atoms with E-state index < -0.39 is 0 Å². The summed E-state index contributed by atoms with van der Waals surface area (Å²) in [5.41, 5.74) is 2.04. The Morgan fingerprint density at radius 1 is 1.21 bits per heavy atom. The monoisotopic (exact) mass is 352 g/mol. The van der Waals surface area contributed by atoms with Gasteiger partial charge in [0.1, 0.15) is 11.5 Å². The van der Waals surface area contributed by atoms with E-state index in [1.165, 1.54) is 45.5 Å². The number of halogens is 1. The van der Waals surface area contributed by atoms with Crippen LogP contribution in [-0.2, 0) is 4.79 Å². The predicted octanol–water partition coefficient (Wildman–Crippen LogP) is 3.78. The zero-order valence-corrected chi connectivity index (χ0v) is 15.0. The molecule has 0 aromatic heterocycles. The number of ether oxygens (including phenoxy) is 2. The molecule has 0 unspecified atom stereocenters. The van der Waals surface area contributed by atoms with Crippen LogP contribution in [-0.4, -0.2) is 33.2 Å². The van der Waals surface area contributed by atoms with Crippen LogP contribution >= 0.6 is 11.6 Å². The highest BCUT2D eigenvalue weighted by Crippen LogP contribution is 2.35. The third-order valence-electron chi connectivity index (χ3n) is 4.04. The highest BCUT2D eigenvalue weighted by atomic mass is 35.5. The Bertz CT molecular complexity index is 602. The fourth-order valence-corrected chi connectivity index (χ4v) is 2.97. The molecular weight excluding hydrogens is 328 g/mol. The minimum atomic E-state index is -0.129. The molecule has 0 aliphatic heterocycles. The Morgan fingerprint density at radius 2 is 2.00 bits per heavy atom. The number of hydrogen-bond donors (Lipinski definition) is 2. The van der Waals surface area contributed by atoms with Gasteiger partial charge < -0.3 is 20.1 Å². The lowest BCUT2D eigenvalue weighted by molar-refractivity contribution is -0.115. The molecule has 2 N–H and O–H groups in total. The average Bonchev–Trinajstić information content (AvgIpc) is 2.60. The van der Waals surface area contributed by atoms with Gasteiger partial charge in [-0.05, 0) is 38.6 Å². The molecule has 0 saturated heterocycles. The lowest BCUT2D eigenvalue weighted by Crippen LogP contribution is -2.29. The molecule has 132 valence electrons. The summed E-state index contributed by atoms with van der Waals surface area (Å²) in [6.45, 7) is 1.06. The van der Waals surface area contributed by atoms with Crippen LogP contribution in [0.4, 0.5) is 5.69 Å². The first kappa shape index (κ1) is 18.6. The van der Waals surface area contributed by atoms with Crippen molar-refractivity contribution in [2.75, 3.05) is 32.6 Å². The van der Waals surface area contributed by atoms with Crippen LogP contribution in [0.25, 0.3) is 0 Å². The number of rotatable bonds is 8. The summed E-state index contributed by atoms with van der Waals surface area (Å²) in [6, 6.07) is 3.28. The van der Waals surface area contributed by atoms with Gasteiger partial charge in [-0.25, -0.2) is 0 Å². The van der Waals surface area contributed by atoms with Crippen molar-refractivity contribution in [2.24, 2.45) is 0 Å². The van der Waals surface area contributed by atoms with Gasteiger partial charge in [0.25, 0.3) is 0 Å². The second kappa shape index (κ2) is 9.55. The second-order valence-corrected chi connectivity index (χ2v) is 6.18. The van der Waals surface area contributed by atoms with Gasteiger partial charge in [-0.1, -0.05) is 23.3 Å². The highest BCUT2D eigenvalue weighted by Gasteiger charge is 2.12. The molecule has 1 amide bonds. The molecule has 1 aliphatic carbocycles. The third-order valence-corrected chi connectivity index (χ3v) is 4.34. The fraction of sp³-hybridized carbons (Fsp3) is 0.500. The summed E-state index contributed by atoms with van der Waals surface area (Å²) in [6.07, 6.45) is 8.29. The minimum absolute atomic E-state index is 0.129. The molecule has 1 aromatic rings. The Labute approximate surface area is 148 Å². The Balaban J connectivity index is 1.82. The molecule has 6 heteroatoms. The topological polar surface area (TPSA) is 59.6 Å². The Morgan fingerprint density at radius 3 is 2.67 bits per heavy atom. The van der Waals surface area contributed by atoms with E-state index in [2.05, 4.69) is 16.7 Å². The Kier molecular flexibility index (Phi) is 7.40. The first-order chi connectivity index (χ1) is 11.6. The molecule has 24 heavy (non-hydrogen) atoms. The predicted molar refractivity (Wildman–Crippen MR) is 97.2 cm³/mol. The van der Waals surface area contributed by atoms with Crippen molar-refractivity contribution in [1.82, 2.24) is 5.32 Å². The van der Waals surface area contributed by atoms with Crippen LogP contribution in [0.1, 0.15) is 32.1 Å². The standard InChI is InChI=1S/C18H25ClN2O3/c1-23-16-11-15(17(24-2)10-14(16)19)21-18(22)12-20-9-8-13-6-4-3-5-7-13/h6,10-11,20H,3-5,7-9,12H2,1-2H3,(H,21,22). The maximum absolute atomic E-state index is 12.1. The van der Waals surface area contributed by atoms with E-state index in [1.807, 2.05) is 0 Å². The quantitative estimate of drug-likeness (QED) is 0.552. The number of carbonyl (C=O) groups excluding carboxylic acids is 1. The molecule has 0 saturated carbocycles.